The van der Waals surface area contributed by atoms with Crippen molar-refractivity contribution in [2.45, 2.75) is 5.03 Å². The molecule has 1 aromatic rings. The smallest absolute Gasteiger partial charge is 0.138 e. The van der Waals surface area contributed by atoms with Gasteiger partial charge < -0.3 is 0 Å². The molecule has 1 heterocycles. The molecule has 0 aliphatic rings. The van der Waals surface area contributed by atoms with Crippen molar-refractivity contribution in [1.29, 1.82) is 0 Å². The third kappa shape index (κ3) is 2.01. The topological polar surface area (TPSA) is 41.6 Å². The number of hydrogen-bond donors (Lipinski definition) is 1. The highest BCUT2D eigenvalue weighted by molar-refractivity contribution is 7.99. The minimum absolute atomic E-state index is 0.322. The monoisotopic (exact) mass is 147 g/mol. The molecule has 0 amide bonds. The van der Waals surface area contributed by atoms with Crippen LogP contribution in [0.5, 0.6) is 0 Å². The molecule has 0 bridgehead atoms. The van der Waals surface area contributed by atoms with E-state index in [0.29, 0.717) is 5.75 Å². The lowest BCUT2D eigenvalue weighted by atomic mass is 10.9. The highest BCUT2D eigenvalue weighted by Crippen LogP contribution is 2.11. The maximum atomic E-state index is 11.5. The van der Waals surface area contributed by atoms with Crippen LogP contribution in [0.25, 0.3) is 0 Å². The maximum absolute atomic E-state index is 11.5. The van der Waals surface area contributed by atoms with Gasteiger partial charge in [-0.25, -0.2) is 0 Å². The second-order valence-corrected chi connectivity index (χ2v) is 2.46. The van der Waals surface area contributed by atoms with Crippen molar-refractivity contribution in [1.82, 2.24) is 15.4 Å². The third-order valence-electron chi connectivity index (χ3n) is 0.720. The zero-order valence-corrected chi connectivity index (χ0v) is 5.49. The second kappa shape index (κ2) is 3.45. The van der Waals surface area contributed by atoms with Gasteiger partial charge in [-0.3, -0.25) is 4.39 Å². The minimum atomic E-state index is -0.322. The van der Waals surface area contributed by atoms with Gasteiger partial charge in [-0.15, -0.1) is 16.9 Å². The molecule has 9 heavy (non-hydrogen) atoms. The van der Waals surface area contributed by atoms with Crippen molar-refractivity contribution >= 4 is 11.8 Å². The quantitative estimate of drug-likeness (QED) is 0.645. The van der Waals surface area contributed by atoms with Crippen LogP contribution in [0.3, 0.4) is 0 Å². The number of aromatic amines is 1. The minimum Gasteiger partial charge on any atom is -0.250 e. The molecule has 3 nitrogen and oxygen atoms in total. The van der Waals surface area contributed by atoms with E-state index in [1.165, 1.54) is 11.8 Å². The molecule has 0 aromatic carbocycles. The summed E-state index contributed by atoms with van der Waals surface area (Å²) in [6.07, 6.45) is 1.57. The highest BCUT2D eigenvalue weighted by atomic mass is 32.2. The molecule has 0 saturated carbocycles. The fourth-order valence-electron chi connectivity index (χ4n) is 0.404. The number of thioether (sulfide) groups is 1. The molecule has 1 rings (SSSR count). The van der Waals surface area contributed by atoms with E-state index in [2.05, 4.69) is 15.4 Å². The van der Waals surface area contributed by atoms with E-state index in [9.17, 15) is 4.39 Å². The lowest BCUT2D eigenvalue weighted by Gasteiger charge is -1.86. The van der Waals surface area contributed by atoms with Crippen molar-refractivity contribution in [3.63, 3.8) is 0 Å². The Bertz CT molecular complexity index is 153. The van der Waals surface area contributed by atoms with Crippen molar-refractivity contribution in [3.8, 4) is 0 Å². The maximum Gasteiger partial charge on any atom is 0.138 e. The summed E-state index contributed by atoms with van der Waals surface area (Å²) in [7, 11) is 0. The number of nitrogens with zero attached hydrogens (tertiary/aromatic N) is 2. The number of aromatic nitrogens is 3. The molecule has 0 aliphatic carbocycles. The molecule has 0 aliphatic heterocycles. The Kier molecular flexibility index (Phi) is 2.50. The van der Waals surface area contributed by atoms with Crippen molar-refractivity contribution in [2.24, 2.45) is 0 Å². The predicted molar refractivity (Wildman–Crippen MR) is 33.1 cm³/mol. The number of H-pyrrole nitrogens is 1. The van der Waals surface area contributed by atoms with Crippen LogP contribution in [0.1, 0.15) is 0 Å². The second-order valence-electron chi connectivity index (χ2n) is 1.35. The summed E-state index contributed by atoms with van der Waals surface area (Å²) in [6.45, 7) is -0.322. The van der Waals surface area contributed by atoms with Crippen LogP contribution in [0, 0.1) is 0 Å². The van der Waals surface area contributed by atoms with E-state index in [1.54, 1.807) is 6.20 Å². The first-order valence-corrected chi connectivity index (χ1v) is 3.46. The van der Waals surface area contributed by atoms with Crippen molar-refractivity contribution < 1.29 is 4.39 Å². The summed E-state index contributed by atoms with van der Waals surface area (Å²) in [5, 5.41) is 10.4. The van der Waals surface area contributed by atoms with Crippen LogP contribution >= 0.6 is 11.8 Å². The summed E-state index contributed by atoms with van der Waals surface area (Å²) in [4.78, 5) is 0. The van der Waals surface area contributed by atoms with Crippen LogP contribution in [-0.2, 0) is 0 Å². The van der Waals surface area contributed by atoms with Gasteiger partial charge >= 0.3 is 0 Å². The number of nitrogens with one attached hydrogen (secondary N) is 1. The van der Waals surface area contributed by atoms with Gasteiger partial charge in [-0.1, -0.05) is 0 Å². The molecule has 0 saturated heterocycles. The molecule has 1 N–H and O–H groups in total. The molecular formula is C4H6FN3S. The number of halogens is 1. The van der Waals surface area contributed by atoms with E-state index in [-0.39, 0.29) is 6.67 Å². The molecule has 0 radical (unpaired) electrons. The SMILES string of the molecule is FCCSc1cn[nH]n1. The first kappa shape index (κ1) is 6.54. The predicted octanol–water partition coefficient (Wildman–Crippen LogP) is 0.866. The lowest BCUT2D eigenvalue weighted by molar-refractivity contribution is 0.532. The van der Waals surface area contributed by atoms with Gasteiger partial charge in [0, 0.05) is 5.75 Å². The van der Waals surface area contributed by atoms with Crippen LogP contribution < -0.4 is 0 Å². The van der Waals surface area contributed by atoms with Crippen molar-refractivity contribution in [3.05, 3.63) is 6.20 Å². The van der Waals surface area contributed by atoms with Gasteiger partial charge in [0.05, 0.1) is 12.9 Å². The Labute approximate surface area is 56.0 Å². The molecule has 1 aromatic heterocycles. The third-order valence-corrected chi connectivity index (χ3v) is 1.57. The average molecular weight is 147 g/mol. The molecular weight excluding hydrogens is 141 g/mol. The fraction of sp³-hybridized carbons (Fsp3) is 0.500. The first-order valence-electron chi connectivity index (χ1n) is 2.48. The summed E-state index contributed by atoms with van der Waals surface area (Å²) >= 11 is 1.35. The molecule has 0 spiro atoms. The summed E-state index contributed by atoms with van der Waals surface area (Å²) in [5.41, 5.74) is 0. The fourth-order valence-corrected chi connectivity index (χ4v) is 0.923. The van der Waals surface area contributed by atoms with E-state index >= 15 is 0 Å². The zero-order valence-electron chi connectivity index (χ0n) is 4.67. The summed E-state index contributed by atoms with van der Waals surface area (Å²) < 4.78 is 11.5. The van der Waals surface area contributed by atoms with Crippen LogP contribution in [0.2, 0.25) is 0 Å². The van der Waals surface area contributed by atoms with Gasteiger partial charge in [0.15, 0.2) is 0 Å². The Morgan fingerprint density at radius 3 is 3.22 bits per heavy atom. The Morgan fingerprint density at radius 2 is 2.67 bits per heavy atom. The standard InChI is InChI=1S/C4H6FN3S/c5-1-2-9-4-3-6-8-7-4/h3H,1-2H2,(H,6,7,8). The normalized spacial score (nSPS) is 9.89. The summed E-state index contributed by atoms with van der Waals surface area (Å²) in [5.74, 6) is 0.451. The largest absolute Gasteiger partial charge is 0.250 e. The lowest BCUT2D eigenvalue weighted by Crippen LogP contribution is -1.79. The Morgan fingerprint density at radius 1 is 1.78 bits per heavy atom. The molecule has 0 unspecified atom stereocenters. The van der Waals surface area contributed by atoms with Gasteiger partial charge in [-0.2, -0.15) is 10.3 Å². The van der Waals surface area contributed by atoms with Gasteiger partial charge in [0.1, 0.15) is 5.03 Å². The van der Waals surface area contributed by atoms with Crippen LogP contribution in [-0.4, -0.2) is 27.8 Å². The Balaban J connectivity index is 2.30. The van der Waals surface area contributed by atoms with E-state index < -0.39 is 0 Å². The molecule has 0 fully saturated rings. The number of alkyl halides is 1. The number of hydrogen-bond acceptors (Lipinski definition) is 3. The van der Waals surface area contributed by atoms with Gasteiger partial charge in [-0.05, 0) is 0 Å². The van der Waals surface area contributed by atoms with Gasteiger partial charge in [0.25, 0.3) is 0 Å². The number of rotatable bonds is 3. The van der Waals surface area contributed by atoms with E-state index in [4.69, 9.17) is 0 Å². The zero-order chi connectivity index (χ0) is 6.53. The summed E-state index contributed by atoms with van der Waals surface area (Å²) in [6, 6.07) is 0. The van der Waals surface area contributed by atoms with E-state index in [1.807, 2.05) is 0 Å². The first-order chi connectivity index (χ1) is 4.43. The Hall–Kier alpha value is -0.580. The van der Waals surface area contributed by atoms with Crippen molar-refractivity contribution in [2.75, 3.05) is 12.4 Å². The highest BCUT2D eigenvalue weighted by Gasteiger charge is 1.93. The molecule has 0 atom stereocenters. The molecule has 50 valence electrons. The van der Waals surface area contributed by atoms with Gasteiger partial charge in [0.2, 0.25) is 0 Å². The van der Waals surface area contributed by atoms with Crippen LogP contribution in [0.4, 0.5) is 4.39 Å². The van der Waals surface area contributed by atoms with Crippen LogP contribution in [0.15, 0.2) is 11.2 Å². The van der Waals surface area contributed by atoms with E-state index in [0.717, 1.165) is 5.03 Å². The molecule has 5 heteroatoms. The average Bonchev–Trinajstić information content (AvgIpc) is 2.34.